The van der Waals surface area contributed by atoms with Gasteiger partial charge in [-0.25, -0.2) is 0 Å². The zero-order valence-corrected chi connectivity index (χ0v) is 15.1. The van der Waals surface area contributed by atoms with Crippen LogP contribution in [0.4, 0.5) is 0 Å². The van der Waals surface area contributed by atoms with Gasteiger partial charge in [0.2, 0.25) is 11.8 Å². The highest BCUT2D eigenvalue weighted by Gasteiger charge is 2.15. The fourth-order valence-electron chi connectivity index (χ4n) is 2.85. The minimum absolute atomic E-state index is 0. The second-order valence-electron chi connectivity index (χ2n) is 6.17. The fraction of sp³-hybridized carbons (Fsp3) is 0.556. The minimum atomic E-state index is -0.00122. The van der Waals surface area contributed by atoms with E-state index in [-0.39, 0.29) is 24.2 Å². The lowest BCUT2D eigenvalue weighted by molar-refractivity contribution is -0.130. The standard InChI is InChI=1S/C18H27N3O2.ClH/c1-15(22)21(14-17-5-3-2-4-6-17)12-9-18(23)20-11-8-16-7-10-19-13-16;/h2-6,16,19H,7-14H2,1H3,(H,20,23);1H. The van der Waals surface area contributed by atoms with Gasteiger partial charge < -0.3 is 15.5 Å². The molecule has 5 nitrogen and oxygen atoms in total. The van der Waals surface area contributed by atoms with Gasteiger partial charge in [-0.05, 0) is 37.4 Å². The van der Waals surface area contributed by atoms with Crippen LogP contribution in [-0.4, -0.2) is 42.9 Å². The van der Waals surface area contributed by atoms with Crippen LogP contribution in [0.3, 0.4) is 0 Å². The summed E-state index contributed by atoms with van der Waals surface area (Å²) in [6.07, 6.45) is 2.58. The van der Waals surface area contributed by atoms with Gasteiger partial charge in [-0.3, -0.25) is 9.59 Å². The Morgan fingerprint density at radius 2 is 2.04 bits per heavy atom. The van der Waals surface area contributed by atoms with Crippen LogP contribution in [0.2, 0.25) is 0 Å². The number of nitrogens with one attached hydrogen (secondary N) is 2. The molecule has 1 aromatic rings. The van der Waals surface area contributed by atoms with Crippen LogP contribution in [0.15, 0.2) is 30.3 Å². The van der Waals surface area contributed by atoms with Crippen molar-refractivity contribution in [2.75, 3.05) is 26.2 Å². The number of nitrogens with zero attached hydrogens (tertiary/aromatic N) is 1. The van der Waals surface area contributed by atoms with Crippen molar-refractivity contribution in [3.05, 3.63) is 35.9 Å². The van der Waals surface area contributed by atoms with Crippen LogP contribution in [0.1, 0.15) is 31.7 Å². The Hall–Kier alpha value is -1.59. The summed E-state index contributed by atoms with van der Waals surface area (Å²) >= 11 is 0. The first-order valence-electron chi connectivity index (χ1n) is 8.42. The van der Waals surface area contributed by atoms with Crippen LogP contribution in [-0.2, 0) is 16.1 Å². The molecule has 1 fully saturated rings. The Kier molecular flexibility index (Phi) is 9.42. The van der Waals surface area contributed by atoms with E-state index in [0.717, 1.165) is 31.6 Å². The Balaban J connectivity index is 0.00000288. The molecule has 2 N–H and O–H groups in total. The van der Waals surface area contributed by atoms with E-state index in [1.165, 1.54) is 6.42 Å². The molecule has 1 saturated heterocycles. The lowest BCUT2D eigenvalue weighted by Gasteiger charge is -2.21. The second-order valence-corrected chi connectivity index (χ2v) is 6.17. The number of carbonyl (C=O) groups is 2. The van der Waals surface area contributed by atoms with E-state index in [9.17, 15) is 9.59 Å². The highest BCUT2D eigenvalue weighted by molar-refractivity contribution is 5.85. The molecule has 6 heteroatoms. The smallest absolute Gasteiger partial charge is 0.221 e. The van der Waals surface area contributed by atoms with Crippen molar-refractivity contribution in [2.24, 2.45) is 5.92 Å². The Morgan fingerprint density at radius 3 is 2.67 bits per heavy atom. The van der Waals surface area contributed by atoms with Crippen LogP contribution in [0.25, 0.3) is 0 Å². The number of carbonyl (C=O) groups excluding carboxylic acids is 2. The van der Waals surface area contributed by atoms with Crippen LogP contribution in [0, 0.1) is 5.92 Å². The first-order chi connectivity index (χ1) is 11.1. The average Bonchev–Trinajstić information content (AvgIpc) is 3.05. The monoisotopic (exact) mass is 353 g/mol. The van der Waals surface area contributed by atoms with Gasteiger partial charge >= 0.3 is 0 Å². The molecule has 1 atom stereocenters. The molecule has 2 amide bonds. The SMILES string of the molecule is CC(=O)N(CCC(=O)NCCC1CCNC1)Cc1ccccc1.Cl. The molecule has 1 aliphatic rings. The van der Waals surface area contributed by atoms with Crippen molar-refractivity contribution in [1.82, 2.24) is 15.5 Å². The Labute approximate surface area is 150 Å². The number of hydrogen-bond acceptors (Lipinski definition) is 3. The molecule has 0 spiro atoms. The summed E-state index contributed by atoms with van der Waals surface area (Å²) in [6.45, 7) is 5.44. The largest absolute Gasteiger partial charge is 0.356 e. The maximum atomic E-state index is 11.9. The number of hydrogen-bond donors (Lipinski definition) is 2. The first kappa shape index (κ1) is 20.5. The van der Waals surface area contributed by atoms with E-state index in [1.54, 1.807) is 11.8 Å². The van der Waals surface area contributed by atoms with Gasteiger partial charge in [-0.1, -0.05) is 30.3 Å². The Bertz CT molecular complexity index is 504. The van der Waals surface area contributed by atoms with E-state index in [0.29, 0.717) is 25.4 Å². The molecule has 0 bridgehead atoms. The maximum Gasteiger partial charge on any atom is 0.221 e. The van der Waals surface area contributed by atoms with Gasteiger partial charge in [0, 0.05) is 33.0 Å². The molecular weight excluding hydrogens is 326 g/mol. The van der Waals surface area contributed by atoms with Gasteiger partial charge in [0.1, 0.15) is 0 Å². The number of halogens is 1. The summed E-state index contributed by atoms with van der Waals surface area (Å²) in [5, 5.41) is 6.29. The van der Waals surface area contributed by atoms with Crippen LogP contribution >= 0.6 is 12.4 Å². The highest BCUT2D eigenvalue weighted by atomic mass is 35.5. The van der Waals surface area contributed by atoms with Crippen molar-refractivity contribution in [3.8, 4) is 0 Å². The van der Waals surface area contributed by atoms with Crippen molar-refractivity contribution in [2.45, 2.75) is 32.7 Å². The topological polar surface area (TPSA) is 61.4 Å². The summed E-state index contributed by atoms with van der Waals surface area (Å²) in [4.78, 5) is 25.4. The zero-order valence-electron chi connectivity index (χ0n) is 14.3. The third kappa shape index (κ3) is 7.32. The van der Waals surface area contributed by atoms with E-state index in [4.69, 9.17) is 0 Å². The van der Waals surface area contributed by atoms with Gasteiger partial charge in [0.05, 0.1) is 0 Å². The second kappa shape index (κ2) is 11.0. The number of rotatable bonds is 8. The summed E-state index contributed by atoms with van der Waals surface area (Å²) in [7, 11) is 0. The van der Waals surface area contributed by atoms with Crippen molar-refractivity contribution < 1.29 is 9.59 Å². The van der Waals surface area contributed by atoms with E-state index < -0.39 is 0 Å². The molecule has 0 aliphatic carbocycles. The maximum absolute atomic E-state index is 11.9. The summed E-state index contributed by atoms with van der Waals surface area (Å²) < 4.78 is 0. The molecule has 1 unspecified atom stereocenters. The third-order valence-corrected chi connectivity index (χ3v) is 4.31. The molecule has 0 saturated carbocycles. The molecular formula is C18H28ClN3O2. The average molecular weight is 354 g/mol. The normalized spacial score (nSPS) is 16.3. The van der Waals surface area contributed by atoms with E-state index in [1.807, 2.05) is 30.3 Å². The van der Waals surface area contributed by atoms with E-state index in [2.05, 4.69) is 10.6 Å². The van der Waals surface area contributed by atoms with Crippen LogP contribution < -0.4 is 10.6 Å². The van der Waals surface area contributed by atoms with Crippen molar-refractivity contribution in [1.29, 1.82) is 0 Å². The summed E-state index contributed by atoms with van der Waals surface area (Å²) in [5.41, 5.74) is 1.08. The van der Waals surface area contributed by atoms with Gasteiger partial charge in [-0.15, -0.1) is 12.4 Å². The molecule has 0 radical (unpaired) electrons. The predicted octanol–water partition coefficient (Wildman–Crippen LogP) is 1.96. The van der Waals surface area contributed by atoms with Crippen LogP contribution in [0.5, 0.6) is 0 Å². The fourth-order valence-corrected chi connectivity index (χ4v) is 2.85. The molecule has 24 heavy (non-hydrogen) atoms. The molecule has 1 aliphatic heterocycles. The first-order valence-corrected chi connectivity index (χ1v) is 8.42. The third-order valence-electron chi connectivity index (χ3n) is 4.31. The van der Waals surface area contributed by atoms with Gasteiger partial charge in [0.25, 0.3) is 0 Å². The van der Waals surface area contributed by atoms with Gasteiger partial charge in [-0.2, -0.15) is 0 Å². The lowest BCUT2D eigenvalue weighted by atomic mass is 10.1. The molecule has 1 heterocycles. The lowest BCUT2D eigenvalue weighted by Crippen LogP contribution is -2.34. The molecule has 134 valence electrons. The Morgan fingerprint density at radius 1 is 1.29 bits per heavy atom. The van der Waals surface area contributed by atoms with Gasteiger partial charge in [0.15, 0.2) is 0 Å². The number of benzene rings is 1. The predicted molar refractivity (Wildman–Crippen MR) is 98.0 cm³/mol. The van der Waals surface area contributed by atoms with E-state index >= 15 is 0 Å². The van der Waals surface area contributed by atoms with Crippen molar-refractivity contribution in [3.63, 3.8) is 0 Å². The molecule has 2 rings (SSSR count). The summed E-state index contributed by atoms with van der Waals surface area (Å²) in [6, 6.07) is 9.85. The quantitative estimate of drug-likeness (QED) is 0.751. The minimum Gasteiger partial charge on any atom is -0.356 e. The molecule has 1 aromatic carbocycles. The molecule has 0 aromatic heterocycles. The summed E-state index contributed by atoms with van der Waals surface area (Å²) in [5.74, 6) is 0.705. The highest BCUT2D eigenvalue weighted by Crippen LogP contribution is 2.10. The number of amides is 2. The zero-order chi connectivity index (χ0) is 16.5. The van der Waals surface area contributed by atoms with Crippen molar-refractivity contribution >= 4 is 24.2 Å².